The largest absolute Gasteiger partial charge is 0.497 e. The highest BCUT2D eigenvalue weighted by atomic mass is 16.5. The Balaban J connectivity index is 1.72. The first kappa shape index (κ1) is 16.8. The standard InChI is InChI=1S/C19H20N2O4/c1-24-15-7-5-6-14(11-15)20-19(23)13-10-18(22)21(12-13)16-8-3-4-9-17(16)25-2/h3-9,11,13H,10,12H2,1-2H3,(H,20,23). The average molecular weight is 340 g/mol. The summed E-state index contributed by atoms with van der Waals surface area (Å²) < 4.78 is 10.5. The van der Waals surface area contributed by atoms with Gasteiger partial charge in [-0.15, -0.1) is 0 Å². The van der Waals surface area contributed by atoms with Crippen molar-refractivity contribution in [3.8, 4) is 11.5 Å². The predicted octanol–water partition coefficient (Wildman–Crippen LogP) is 2.70. The van der Waals surface area contributed by atoms with E-state index in [1.165, 1.54) is 0 Å². The summed E-state index contributed by atoms with van der Waals surface area (Å²) in [6, 6.07) is 14.4. The minimum Gasteiger partial charge on any atom is -0.497 e. The normalized spacial score (nSPS) is 16.6. The molecule has 130 valence electrons. The van der Waals surface area contributed by atoms with E-state index >= 15 is 0 Å². The fraction of sp³-hybridized carbons (Fsp3) is 0.263. The van der Waals surface area contributed by atoms with Crippen molar-refractivity contribution in [2.75, 3.05) is 31.0 Å². The molecule has 0 bridgehead atoms. The first-order valence-electron chi connectivity index (χ1n) is 8.00. The molecule has 2 aromatic rings. The zero-order valence-corrected chi connectivity index (χ0v) is 14.2. The van der Waals surface area contributed by atoms with Crippen LogP contribution in [-0.2, 0) is 9.59 Å². The molecule has 1 N–H and O–H groups in total. The summed E-state index contributed by atoms with van der Waals surface area (Å²) in [5.41, 5.74) is 1.33. The molecule has 0 spiro atoms. The van der Waals surface area contributed by atoms with E-state index in [0.29, 0.717) is 29.4 Å². The Bertz CT molecular complexity index is 790. The van der Waals surface area contributed by atoms with Crippen LogP contribution < -0.4 is 19.7 Å². The highest BCUT2D eigenvalue weighted by Gasteiger charge is 2.36. The van der Waals surface area contributed by atoms with Crippen LogP contribution in [0.2, 0.25) is 0 Å². The summed E-state index contributed by atoms with van der Waals surface area (Å²) in [5.74, 6) is 0.596. The zero-order valence-electron chi connectivity index (χ0n) is 14.2. The topological polar surface area (TPSA) is 67.9 Å². The lowest BCUT2D eigenvalue weighted by molar-refractivity contribution is -0.122. The van der Waals surface area contributed by atoms with Crippen LogP contribution in [0.1, 0.15) is 6.42 Å². The second-order valence-electron chi connectivity index (χ2n) is 5.80. The quantitative estimate of drug-likeness (QED) is 0.909. The van der Waals surface area contributed by atoms with E-state index in [-0.39, 0.29) is 18.2 Å². The van der Waals surface area contributed by atoms with E-state index in [0.717, 1.165) is 0 Å². The molecule has 1 saturated heterocycles. The van der Waals surface area contributed by atoms with Crippen LogP contribution >= 0.6 is 0 Å². The van der Waals surface area contributed by atoms with Gasteiger partial charge in [-0.25, -0.2) is 0 Å². The van der Waals surface area contributed by atoms with Crippen molar-refractivity contribution >= 4 is 23.2 Å². The number of benzene rings is 2. The smallest absolute Gasteiger partial charge is 0.229 e. The summed E-state index contributed by atoms with van der Waals surface area (Å²) in [5, 5.41) is 2.85. The summed E-state index contributed by atoms with van der Waals surface area (Å²) in [4.78, 5) is 26.5. The summed E-state index contributed by atoms with van der Waals surface area (Å²) in [7, 11) is 3.13. The van der Waals surface area contributed by atoms with Crippen LogP contribution in [0.5, 0.6) is 11.5 Å². The number of para-hydroxylation sites is 2. The fourth-order valence-corrected chi connectivity index (χ4v) is 2.91. The van der Waals surface area contributed by atoms with Crippen LogP contribution in [0.15, 0.2) is 48.5 Å². The van der Waals surface area contributed by atoms with Gasteiger partial charge in [-0.1, -0.05) is 18.2 Å². The van der Waals surface area contributed by atoms with Gasteiger partial charge >= 0.3 is 0 Å². The molecular formula is C19H20N2O4. The third-order valence-electron chi connectivity index (χ3n) is 4.21. The molecular weight excluding hydrogens is 320 g/mol. The van der Waals surface area contributed by atoms with Crippen molar-refractivity contribution in [3.63, 3.8) is 0 Å². The minimum atomic E-state index is -0.413. The monoisotopic (exact) mass is 340 g/mol. The Morgan fingerprint density at radius 1 is 1.12 bits per heavy atom. The maximum absolute atomic E-state index is 12.5. The van der Waals surface area contributed by atoms with Crippen LogP contribution in [0.25, 0.3) is 0 Å². The van der Waals surface area contributed by atoms with E-state index in [9.17, 15) is 9.59 Å². The molecule has 2 aromatic carbocycles. The maximum atomic E-state index is 12.5. The molecule has 1 atom stereocenters. The second kappa shape index (κ2) is 7.25. The number of nitrogens with zero attached hydrogens (tertiary/aromatic N) is 1. The molecule has 25 heavy (non-hydrogen) atoms. The van der Waals surface area contributed by atoms with E-state index < -0.39 is 5.92 Å². The predicted molar refractivity (Wildman–Crippen MR) is 95.1 cm³/mol. The molecule has 1 heterocycles. The number of rotatable bonds is 5. The van der Waals surface area contributed by atoms with Crippen LogP contribution in [0, 0.1) is 5.92 Å². The number of hydrogen-bond acceptors (Lipinski definition) is 4. The Labute approximate surface area is 146 Å². The van der Waals surface area contributed by atoms with E-state index in [1.807, 2.05) is 18.2 Å². The summed E-state index contributed by atoms with van der Waals surface area (Å²) >= 11 is 0. The maximum Gasteiger partial charge on any atom is 0.229 e. The van der Waals surface area contributed by atoms with Gasteiger partial charge in [0.1, 0.15) is 11.5 Å². The van der Waals surface area contributed by atoms with Crippen LogP contribution in [0.4, 0.5) is 11.4 Å². The molecule has 1 unspecified atom stereocenters. The molecule has 2 amide bonds. The van der Waals surface area contributed by atoms with E-state index in [4.69, 9.17) is 9.47 Å². The van der Waals surface area contributed by atoms with Crippen LogP contribution in [0.3, 0.4) is 0 Å². The number of carbonyl (C=O) groups is 2. The van der Waals surface area contributed by atoms with Gasteiger partial charge in [0.15, 0.2) is 0 Å². The zero-order chi connectivity index (χ0) is 17.8. The molecule has 6 nitrogen and oxygen atoms in total. The van der Waals surface area contributed by atoms with Gasteiger partial charge in [-0.3, -0.25) is 9.59 Å². The molecule has 0 aliphatic carbocycles. The van der Waals surface area contributed by atoms with Crippen molar-refractivity contribution in [1.82, 2.24) is 0 Å². The van der Waals surface area contributed by atoms with E-state index in [1.54, 1.807) is 49.5 Å². The van der Waals surface area contributed by atoms with Crippen molar-refractivity contribution in [3.05, 3.63) is 48.5 Å². The van der Waals surface area contributed by atoms with Gasteiger partial charge in [0.25, 0.3) is 0 Å². The lowest BCUT2D eigenvalue weighted by Crippen LogP contribution is -2.28. The Morgan fingerprint density at radius 2 is 1.92 bits per heavy atom. The van der Waals surface area contributed by atoms with Gasteiger partial charge in [0.05, 0.1) is 25.8 Å². The molecule has 0 aromatic heterocycles. The second-order valence-corrected chi connectivity index (χ2v) is 5.80. The van der Waals surface area contributed by atoms with E-state index in [2.05, 4.69) is 5.32 Å². The molecule has 1 aliphatic rings. The van der Waals surface area contributed by atoms with Crippen molar-refractivity contribution in [2.24, 2.45) is 5.92 Å². The Morgan fingerprint density at radius 3 is 2.68 bits per heavy atom. The van der Waals surface area contributed by atoms with Crippen molar-refractivity contribution in [2.45, 2.75) is 6.42 Å². The molecule has 6 heteroatoms. The molecule has 1 fully saturated rings. The van der Waals surface area contributed by atoms with Crippen LogP contribution in [-0.4, -0.2) is 32.6 Å². The first-order valence-corrected chi connectivity index (χ1v) is 8.00. The van der Waals surface area contributed by atoms with Gasteiger partial charge in [0.2, 0.25) is 11.8 Å². The number of anilines is 2. The number of methoxy groups -OCH3 is 2. The molecule has 3 rings (SSSR count). The molecule has 1 aliphatic heterocycles. The third-order valence-corrected chi connectivity index (χ3v) is 4.21. The number of hydrogen-bond donors (Lipinski definition) is 1. The van der Waals surface area contributed by atoms with Gasteiger partial charge in [-0.2, -0.15) is 0 Å². The number of nitrogens with one attached hydrogen (secondary N) is 1. The Kier molecular flexibility index (Phi) is 4.88. The lowest BCUT2D eigenvalue weighted by atomic mass is 10.1. The van der Waals surface area contributed by atoms with Gasteiger partial charge < -0.3 is 19.7 Å². The molecule has 0 saturated carbocycles. The van der Waals surface area contributed by atoms with Crippen molar-refractivity contribution < 1.29 is 19.1 Å². The third kappa shape index (κ3) is 3.57. The Hall–Kier alpha value is -3.02. The molecule has 0 radical (unpaired) electrons. The van der Waals surface area contributed by atoms with Gasteiger partial charge in [-0.05, 0) is 24.3 Å². The number of amides is 2. The SMILES string of the molecule is COc1cccc(NC(=O)C2CC(=O)N(c3ccccc3OC)C2)c1. The first-order chi connectivity index (χ1) is 12.1. The lowest BCUT2D eigenvalue weighted by Gasteiger charge is -2.19. The summed E-state index contributed by atoms with van der Waals surface area (Å²) in [6.07, 6.45) is 0.174. The number of carbonyl (C=O) groups excluding carboxylic acids is 2. The van der Waals surface area contributed by atoms with Crippen molar-refractivity contribution in [1.29, 1.82) is 0 Å². The average Bonchev–Trinajstić information content (AvgIpc) is 3.03. The minimum absolute atomic E-state index is 0.0877. The summed E-state index contributed by atoms with van der Waals surface area (Å²) in [6.45, 7) is 0.328. The number of ether oxygens (including phenoxy) is 2. The highest BCUT2D eigenvalue weighted by molar-refractivity contribution is 6.04. The van der Waals surface area contributed by atoms with Gasteiger partial charge in [0, 0.05) is 24.7 Å². The fourth-order valence-electron chi connectivity index (χ4n) is 2.91. The highest BCUT2D eigenvalue weighted by Crippen LogP contribution is 2.33.